The molecule has 128 valence electrons. The smallest absolute Gasteiger partial charge is 0.258 e. The average Bonchev–Trinajstić information content (AvgIpc) is 2.61. The first-order valence-electron chi connectivity index (χ1n) is 7.91. The summed E-state index contributed by atoms with van der Waals surface area (Å²) in [5.41, 5.74) is 1.07. The van der Waals surface area contributed by atoms with Crippen molar-refractivity contribution in [1.82, 2.24) is 5.32 Å². The van der Waals surface area contributed by atoms with Crippen molar-refractivity contribution in [3.05, 3.63) is 54.1 Å². The molecule has 0 radical (unpaired) electrons. The number of amides is 1. The maximum atomic E-state index is 12.0. The average molecular weight is 345 g/mol. The van der Waals surface area contributed by atoms with Gasteiger partial charge >= 0.3 is 0 Å². The number of hydrogen-bond acceptors (Lipinski definition) is 4. The molecular formula is C19H23NO3S. The van der Waals surface area contributed by atoms with E-state index in [-0.39, 0.29) is 18.6 Å². The Labute approximate surface area is 147 Å². The molecule has 1 unspecified atom stereocenters. The molecule has 0 saturated heterocycles. The van der Waals surface area contributed by atoms with Crippen LogP contribution in [0.5, 0.6) is 11.5 Å². The second kappa shape index (κ2) is 9.23. The zero-order valence-corrected chi connectivity index (χ0v) is 15.1. The highest BCUT2D eigenvalue weighted by Gasteiger charge is 2.10. The Morgan fingerprint density at radius 3 is 2.17 bits per heavy atom. The minimum atomic E-state index is -0.148. The van der Waals surface area contributed by atoms with Crippen LogP contribution >= 0.6 is 11.8 Å². The molecule has 0 aromatic heterocycles. The fraction of sp³-hybridized carbons (Fsp3) is 0.316. The molecule has 24 heavy (non-hydrogen) atoms. The van der Waals surface area contributed by atoms with Gasteiger partial charge in [-0.1, -0.05) is 12.1 Å². The van der Waals surface area contributed by atoms with Gasteiger partial charge < -0.3 is 14.8 Å². The Kier molecular flexibility index (Phi) is 7.00. The zero-order chi connectivity index (χ0) is 17.4. The van der Waals surface area contributed by atoms with Gasteiger partial charge in [-0.3, -0.25) is 4.79 Å². The van der Waals surface area contributed by atoms with E-state index in [4.69, 9.17) is 9.47 Å². The maximum absolute atomic E-state index is 12.0. The van der Waals surface area contributed by atoms with Crippen LogP contribution in [0.1, 0.15) is 25.5 Å². The van der Waals surface area contributed by atoms with Gasteiger partial charge in [0.1, 0.15) is 11.5 Å². The number of nitrogens with one attached hydrogen (secondary N) is 1. The van der Waals surface area contributed by atoms with E-state index >= 15 is 0 Å². The number of carbonyl (C=O) groups is 1. The maximum Gasteiger partial charge on any atom is 0.258 e. The van der Waals surface area contributed by atoms with Gasteiger partial charge in [-0.05, 0) is 62.1 Å². The first kappa shape index (κ1) is 18.2. The summed E-state index contributed by atoms with van der Waals surface area (Å²) >= 11 is 1.70. The van der Waals surface area contributed by atoms with Gasteiger partial charge in [-0.2, -0.15) is 0 Å². The van der Waals surface area contributed by atoms with Crippen molar-refractivity contribution in [3.63, 3.8) is 0 Å². The molecule has 1 N–H and O–H groups in total. The number of carbonyl (C=O) groups excluding carboxylic acids is 1. The van der Waals surface area contributed by atoms with Crippen molar-refractivity contribution in [3.8, 4) is 11.5 Å². The minimum absolute atomic E-state index is 0.0127. The van der Waals surface area contributed by atoms with Crippen LogP contribution in [0, 0.1) is 0 Å². The number of ether oxygens (including phenoxy) is 2. The fourth-order valence-electron chi connectivity index (χ4n) is 2.21. The second-order valence-electron chi connectivity index (χ2n) is 5.26. The summed E-state index contributed by atoms with van der Waals surface area (Å²) in [4.78, 5) is 13.2. The van der Waals surface area contributed by atoms with E-state index in [0.717, 1.165) is 11.3 Å². The van der Waals surface area contributed by atoms with Gasteiger partial charge in [0.2, 0.25) is 0 Å². The predicted molar refractivity (Wildman–Crippen MR) is 97.9 cm³/mol. The standard InChI is InChI=1S/C19H23NO3S/c1-4-22-16-7-9-17(10-8-16)23-13-19(21)20-14(2)15-5-11-18(24-3)12-6-15/h5-12,14H,4,13H2,1-3H3,(H,20,21). The molecular weight excluding hydrogens is 322 g/mol. The Morgan fingerprint density at radius 2 is 1.62 bits per heavy atom. The fourth-order valence-corrected chi connectivity index (χ4v) is 2.61. The number of thioether (sulfide) groups is 1. The van der Waals surface area contributed by atoms with Crippen molar-refractivity contribution in [2.24, 2.45) is 0 Å². The third-order valence-corrected chi connectivity index (χ3v) is 4.24. The summed E-state index contributed by atoms with van der Waals surface area (Å²) in [5.74, 6) is 1.28. The normalized spacial score (nSPS) is 11.6. The van der Waals surface area contributed by atoms with Crippen LogP contribution in [0.2, 0.25) is 0 Å². The van der Waals surface area contributed by atoms with Gasteiger partial charge in [0.05, 0.1) is 12.6 Å². The lowest BCUT2D eigenvalue weighted by Gasteiger charge is -2.15. The monoisotopic (exact) mass is 345 g/mol. The molecule has 0 aliphatic rings. The summed E-state index contributed by atoms with van der Waals surface area (Å²) in [6, 6.07) is 15.4. The Balaban J connectivity index is 1.81. The van der Waals surface area contributed by atoms with Crippen LogP contribution in [0.4, 0.5) is 0 Å². The first-order chi connectivity index (χ1) is 11.6. The summed E-state index contributed by atoms with van der Waals surface area (Å²) in [7, 11) is 0. The molecule has 2 aromatic carbocycles. The van der Waals surface area contributed by atoms with Crippen LogP contribution in [0.3, 0.4) is 0 Å². The summed E-state index contributed by atoms with van der Waals surface area (Å²) < 4.78 is 10.9. The van der Waals surface area contributed by atoms with E-state index in [0.29, 0.717) is 12.4 Å². The highest BCUT2D eigenvalue weighted by Crippen LogP contribution is 2.19. The van der Waals surface area contributed by atoms with Crippen LogP contribution in [0.25, 0.3) is 0 Å². The highest BCUT2D eigenvalue weighted by atomic mass is 32.2. The molecule has 0 aliphatic carbocycles. The lowest BCUT2D eigenvalue weighted by atomic mass is 10.1. The number of benzene rings is 2. The molecule has 5 heteroatoms. The third kappa shape index (κ3) is 5.49. The molecule has 4 nitrogen and oxygen atoms in total. The quantitative estimate of drug-likeness (QED) is 0.733. The summed E-state index contributed by atoms with van der Waals surface area (Å²) in [5, 5.41) is 2.94. The first-order valence-corrected chi connectivity index (χ1v) is 9.13. The van der Waals surface area contributed by atoms with E-state index in [1.54, 1.807) is 23.9 Å². The van der Waals surface area contributed by atoms with E-state index in [2.05, 4.69) is 17.4 Å². The lowest BCUT2D eigenvalue weighted by molar-refractivity contribution is -0.123. The molecule has 0 aliphatic heterocycles. The van der Waals surface area contributed by atoms with Gasteiger partial charge in [-0.15, -0.1) is 11.8 Å². The third-order valence-electron chi connectivity index (χ3n) is 3.50. The summed E-state index contributed by atoms with van der Waals surface area (Å²) in [6.45, 7) is 4.51. The molecule has 0 bridgehead atoms. The Bertz CT molecular complexity index is 641. The van der Waals surface area contributed by atoms with E-state index < -0.39 is 0 Å². The second-order valence-corrected chi connectivity index (χ2v) is 6.14. The van der Waals surface area contributed by atoms with Crippen molar-refractivity contribution < 1.29 is 14.3 Å². The van der Waals surface area contributed by atoms with Crippen molar-refractivity contribution >= 4 is 17.7 Å². The minimum Gasteiger partial charge on any atom is -0.494 e. The SMILES string of the molecule is CCOc1ccc(OCC(=O)NC(C)c2ccc(SC)cc2)cc1. The molecule has 1 amide bonds. The molecule has 0 heterocycles. The molecule has 0 saturated carbocycles. The number of hydrogen-bond donors (Lipinski definition) is 1. The lowest BCUT2D eigenvalue weighted by Crippen LogP contribution is -2.31. The highest BCUT2D eigenvalue weighted by molar-refractivity contribution is 7.98. The van der Waals surface area contributed by atoms with Crippen LogP contribution in [-0.4, -0.2) is 25.4 Å². The topological polar surface area (TPSA) is 47.6 Å². The van der Waals surface area contributed by atoms with Crippen LogP contribution < -0.4 is 14.8 Å². The Morgan fingerprint density at radius 1 is 1.04 bits per heavy atom. The van der Waals surface area contributed by atoms with Crippen LogP contribution in [0.15, 0.2) is 53.4 Å². The molecule has 0 fully saturated rings. The molecule has 2 aromatic rings. The van der Waals surface area contributed by atoms with E-state index in [9.17, 15) is 4.79 Å². The molecule has 2 rings (SSSR count). The number of rotatable bonds is 8. The van der Waals surface area contributed by atoms with Crippen molar-refractivity contribution in [2.75, 3.05) is 19.5 Å². The van der Waals surface area contributed by atoms with Crippen molar-refractivity contribution in [1.29, 1.82) is 0 Å². The van der Waals surface area contributed by atoms with Gasteiger partial charge in [0.25, 0.3) is 5.91 Å². The zero-order valence-electron chi connectivity index (χ0n) is 14.2. The predicted octanol–water partition coefficient (Wildman–Crippen LogP) is 4.06. The molecule has 1 atom stereocenters. The van der Waals surface area contributed by atoms with E-state index in [1.807, 2.05) is 44.4 Å². The van der Waals surface area contributed by atoms with Gasteiger partial charge in [0.15, 0.2) is 6.61 Å². The molecule has 0 spiro atoms. The van der Waals surface area contributed by atoms with E-state index in [1.165, 1.54) is 4.90 Å². The largest absolute Gasteiger partial charge is 0.494 e. The Hall–Kier alpha value is -2.14. The van der Waals surface area contributed by atoms with Gasteiger partial charge in [-0.25, -0.2) is 0 Å². The summed E-state index contributed by atoms with van der Waals surface area (Å²) in [6.07, 6.45) is 2.04. The van der Waals surface area contributed by atoms with Gasteiger partial charge in [0, 0.05) is 4.90 Å². The van der Waals surface area contributed by atoms with Crippen LogP contribution in [-0.2, 0) is 4.79 Å². The van der Waals surface area contributed by atoms with Crippen molar-refractivity contribution in [2.45, 2.75) is 24.8 Å².